The molecule has 0 spiro atoms. The highest BCUT2D eigenvalue weighted by atomic mass is 16.4. The van der Waals surface area contributed by atoms with E-state index in [1.807, 2.05) is 5.32 Å². The third-order valence-corrected chi connectivity index (χ3v) is 12.2. The van der Waals surface area contributed by atoms with E-state index in [1.54, 1.807) is 27.7 Å². The first kappa shape index (κ1) is 71.9. The lowest BCUT2D eigenvalue weighted by Gasteiger charge is -2.30. The fourth-order valence-corrected chi connectivity index (χ4v) is 7.43. The summed E-state index contributed by atoms with van der Waals surface area (Å²) < 4.78 is 0. The number of aliphatic carboxylic acids is 3. The highest BCUT2D eigenvalue weighted by Gasteiger charge is 2.37. The molecule has 0 fully saturated rings. The van der Waals surface area contributed by atoms with Crippen LogP contribution in [0.2, 0.25) is 0 Å². The van der Waals surface area contributed by atoms with Crippen LogP contribution in [0.1, 0.15) is 125 Å². The van der Waals surface area contributed by atoms with Crippen LogP contribution in [0.25, 0.3) is 0 Å². The second-order valence-corrected chi connectivity index (χ2v) is 19.6. The highest BCUT2D eigenvalue weighted by Crippen LogP contribution is 2.14. The van der Waals surface area contributed by atoms with Crippen LogP contribution in [-0.2, 0) is 62.3 Å². The lowest BCUT2D eigenvalue weighted by molar-refractivity contribution is -0.143. The lowest BCUT2D eigenvalue weighted by Crippen LogP contribution is -2.62. The minimum absolute atomic E-state index is 0.0121. The fraction of sp³-hybridized carbons (Fsp3) is 0.729. The summed E-state index contributed by atoms with van der Waals surface area (Å²) in [6.45, 7) is 8.44. The van der Waals surface area contributed by atoms with Gasteiger partial charge in [0, 0.05) is 12.8 Å². The summed E-state index contributed by atoms with van der Waals surface area (Å²) in [4.78, 5) is 168. The quantitative estimate of drug-likeness (QED) is 0.0254. The molecule has 0 aliphatic rings. The fourth-order valence-electron chi connectivity index (χ4n) is 7.43. The Balaban J connectivity index is 6.72. The van der Waals surface area contributed by atoms with Crippen molar-refractivity contribution in [2.45, 2.75) is 192 Å². The summed E-state index contributed by atoms with van der Waals surface area (Å²) in [5, 5.41) is 70.0. The molecule has 0 aliphatic heterocycles. The second-order valence-electron chi connectivity index (χ2n) is 19.6. The monoisotopic (exact) mass is 1130 g/mol. The van der Waals surface area contributed by atoms with Crippen LogP contribution in [-0.4, -0.2) is 189 Å². The minimum Gasteiger partial charge on any atom is -0.481 e. The number of hydrogen-bond donors (Lipinski definition) is 18. The Morgan fingerprint density at radius 2 is 0.861 bits per heavy atom. The van der Waals surface area contributed by atoms with Crippen LogP contribution in [0.5, 0.6) is 0 Å². The number of amides is 10. The number of carbonyl (C=O) groups excluding carboxylic acids is 10. The molecule has 0 aliphatic carbocycles. The second kappa shape index (κ2) is 37.7. The van der Waals surface area contributed by atoms with Gasteiger partial charge in [-0.3, -0.25) is 57.5 Å². The molecule has 0 radical (unpaired) electrons. The molecule has 0 aromatic rings. The summed E-state index contributed by atoms with van der Waals surface area (Å²) >= 11 is 0. The third kappa shape index (κ3) is 28.4. The summed E-state index contributed by atoms with van der Waals surface area (Å²) in [5.41, 5.74) is 22.2. The summed E-state index contributed by atoms with van der Waals surface area (Å²) in [7, 11) is 0. The molecule has 0 saturated carbocycles. The first-order valence-corrected chi connectivity index (χ1v) is 26.1. The Hall–Kier alpha value is -7.09. The zero-order chi connectivity index (χ0) is 60.7. The zero-order valence-corrected chi connectivity index (χ0v) is 45.7. The Bertz CT molecular complexity index is 2080. The first-order chi connectivity index (χ1) is 36.9. The highest BCUT2D eigenvalue weighted by molar-refractivity contribution is 5.99. The SMILES string of the molecule is CC[C@H](C)[C@H](NC(=O)[C@@H](NC(=O)[C@H](CC(C)C)NC(=O)[C@H](C)NC(=O)[C@@H](N)CC(N)=O)[C@@H](C)O)C(=O)N[C@@H](CCCCN)C(=O)N[C@@H](CCCCN)C(=O)N[C@@H](CCC(=O)O)C(=O)N[C@@H](CO)C(=O)N[C@@H](CCC(=O)O)C(=O)O. The van der Waals surface area contributed by atoms with Crippen molar-refractivity contribution in [2.24, 2.45) is 34.8 Å². The molecule has 12 atom stereocenters. The molecule has 31 nitrogen and oxygen atoms in total. The predicted octanol–water partition coefficient (Wildman–Crippen LogP) is -5.89. The number of aliphatic hydroxyl groups is 2. The molecule has 0 aromatic heterocycles. The Kier molecular flexibility index (Phi) is 34.3. The smallest absolute Gasteiger partial charge is 0.326 e. The standard InChI is InChI=1S/C48H85N13O18/c1-7-24(4)37(60-47(77)38(26(6)63)61-44(74)32(20-23(2)3)58-39(69)25(5)53-40(70)27(51)21-34(52)64)46(76)56-29(13-9-11-19-50)42(72)54-28(12-8-10-18-49)41(71)55-30(14-16-35(65)66)43(73)59-33(22-62)45(75)57-31(48(78)79)15-17-36(67)68/h23-33,37-38,62-63H,7-22,49-51H2,1-6H3,(H2,52,64)(H,53,70)(H,54,72)(H,55,71)(H,56,76)(H,57,75)(H,58,69)(H,59,73)(H,60,77)(H,61,74)(H,65,66)(H,67,68)(H,78,79)/t24-,25-,26+,27-,28-,29-,30-,31-,32-,33-,37-,38-/m0/s1. The molecular weight excluding hydrogens is 1050 g/mol. The van der Waals surface area contributed by atoms with Gasteiger partial charge < -0.3 is 96.3 Å². The number of nitrogens with two attached hydrogens (primary N) is 4. The summed E-state index contributed by atoms with van der Waals surface area (Å²) in [5.74, 6) is -15.2. The maximum Gasteiger partial charge on any atom is 0.326 e. The number of rotatable bonds is 41. The van der Waals surface area contributed by atoms with Crippen molar-refractivity contribution in [3.63, 3.8) is 0 Å². The van der Waals surface area contributed by atoms with Gasteiger partial charge in [-0.1, -0.05) is 34.1 Å². The first-order valence-electron chi connectivity index (χ1n) is 26.1. The van der Waals surface area contributed by atoms with E-state index in [9.17, 15) is 82.8 Å². The van der Waals surface area contributed by atoms with Gasteiger partial charge in [0.15, 0.2) is 0 Å². The van der Waals surface area contributed by atoms with E-state index >= 15 is 0 Å². The molecule has 0 rings (SSSR count). The molecule has 10 amide bonds. The van der Waals surface area contributed by atoms with Gasteiger partial charge in [0.05, 0.1) is 25.2 Å². The Morgan fingerprint density at radius 3 is 1.28 bits per heavy atom. The van der Waals surface area contributed by atoms with Crippen molar-refractivity contribution in [2.75, 3.05) is 19.7 Å². The lowest BCUT2D eigenvalue weighted by atomic mass is 9.96. The molecule has 79 heavy (non-hydrogen) atoms. The average molecular weight is 1130 g/mol. The van der Waals surface area contributed by atoms with Crippen molar-refractivity contribution in [3.8, 4) is 0 Å². The summed E-state index contributed by atoms with van der Waals surface area (Å²) in [6.07, 6.45) is -3.40. The number of nitrogens with one attached hydrogen (secondary N) is 9. The molecule has 0 saturated heterocycles. The number of carbonyl (C=O) groups is 13. The van der Waals surface area contributed by atoms with E-state index in [1.165, 1.54) is 13.8 Å². The van der Waals surface area contributed by atoms with Gasteiger partial charge in [-0.2, -0.15) is 0 Å². The molecule has 31 heteroatoms. The van der Waals surface area contributed by atoms with E-state index in [0.717, 1.165) is 0 Å². The van der Waals surface area contributed by atoms with Crippen molar-refractivity contribution in [3.05, 3.63) is 0 Å². The predicted molar refractivity (Wildman–Crippen MR) is 280 cm³/mol. The molecule has 450 valence electrons. The third-order valence-electron chi connectivity index (χ3n) is 12.2. The van der Waals surface area contributed by atoms with Crippen molar-refractivity contribution in [1.82, 2.24) is 47.9 Å². The van der Waals surface area contributed by atoms with Gasteiger partial charge in [-0.05, 0) is 96.6 Å². The van der Waals surface area contributed by atoms with Gasteiger partial charge in [0.1, 0.15) is 54.4 Å². The maximum atomic E-state index is 14.2. The number of primary amides is 1. The van der Waals surface area contributed by atoms with Crippen molar-refractivity contribution < 1.29 is 87.9 Å². The summed E-state index contributed by atoms with van der Waals surface area (Å²) in [6, 6.07) is -15.4. The largest absolute Gasteiger partial charge is 0.481 e. The number of carboxylic acids is 3. The van der Waals surface area contributed by atoms with Gasteiger partial charge in [0.25, 0.3) is 0 Å². The van der Waals surface area contributed by atoms with Gasteiger partial charge in [0.2, 0.25) is 59.1 Å². The van der Waals surface area contributed by atoms with Gasteiger partial charge in [-0.15, -0.1) is 0 Å². The van der Waals surface area contributed by atoms with Gasteiger partial charge in [-0.25, -0.2) is 4.79 Å². The van der Waals surface area contributed by atoms with E-state index < -0.39 is 188 Å². The van der Waals surface area contributed by atoms with Crippen LogP contribution in [0.3, 0.4) is 0 Å². The number of hydrogen-bond acceptors (Lipinski definition) is 18. The van der Waals surface area contributed by atoms with Crippen LogP contribution in [0.4, 0.5) is 0 Å². The molecular formula is C48H85N13O18. The van der Waals surface area contributed by atoms with E-state index in [0.29, 0.717) is 12.8 Å². The molecule has 0 bridgehead atoms. The number of unbranched alkanes of at least 4 members (excludes halogenated alkanes) is 2. The molecule has 0 aromatic carbocycles. The van der Waals surface area contributed by atoms with Crippen LogP contribution in [0.15, 0.2) is 0 Å². The van der Waals surface area contributed by atoms with Crippen LogP contribution in [0, 0.1) is 11.8 Å². The number of carboxylic acid groups (broad SMARTS) is 3. The van der Waals surface area contributed by atoms with Crippen LogP contribution < -0.4 is 70.8 Å². The van der Waals surface area contributed by atoms with Crippen molar-refractivity contribution >= 4 is 77.0 Å². The maximum absolute atomic E-state index is 14.2. The minimum atomic E-state index is -1.87. The van der Waals surface area contributed by atoms with E-state index in [2.05, 4.69) is 42.5 Å². The van der Waals surface area contributed by atoms with E-state index in [-0.39, 0.29) is 57.5 Å². The number of aliphatic hydroxyl groups excluding tert-OH is 2. The van der Waals surface area contributed by atoms with Crippen LogP contribution >= 0.6 is 0 Å². The molecule has 0 unspecified atom stereocenters. The van der Waals surface area contributed by atoms with Crippen molar-refractivity contribution in [1.29, 1.82) is 0 Å². The molecule has 0 heterocycles. The topological polar surface area (TPSA) is 535 Å². The zero-order valence-electron chi connectivity index (χ0n) is 45.7. The van der Waals surface area contributed by atoms with E-state index in [4.69, 9.17) is 28.0 Å². The Labute approximate surface area is 457 Å². The molecule has 22 N–H and O–H groups in total. The normalized spacial score (nSPS) is 15.7. The average Bonchev–Trinajstić information content (AvgIpc) is 3.36. The Morgan fingerprint density at radius 1 is 0.468 bits per heavy atom. The van der Waals surface area contributed by atoms with Gasteiger partial charge >= 0.3 is 17.9 Å².